The van der Waals surface area contributed by atoms with E-state index in [0.717, 1.165) is 37.2 Å². The zero-order valence-corrected chi connectivity index (χ0v) is 18.1. The van der Waals surface area contributed by atoms with Crippen molar-refractivity contribution >= 4 is 22.8 Å². The number of rotatable bonds is 6. The molecule has 1 atom stereocenters. The van der Waals surface area contributed by atoms with Gasteiger partial charge in [-0.15, -0.1) is 0 Å². The van der Waals surface area contributed by atoms with Gasteiger partial charge in [-0.3, -0.25) is 13.9 Å². The van der Waals surface area contributed by atoms with Gasteiger partial charge in [-0.05, 0) is 24.5 Å². The summed E-state index contributed by atoms with van der Waals surface area (Å²) < 4.78 is 10.2. The van der Waals surface area contributed by atoms with Gasteiger partial charge in [0, 0.05) is 38.4 Å². The number of aromatic nitrogens is 4. The lowest BCUT2D eigenvalue weighted by Gasteiger charge is -2.33. The Morgan fingerprint density at radius 2 is 2.00 bits per heavy atom. The van der Waals surface area contributed by atoms with Crippen molar-refractivity contribution in [1.82, 2.24) is 18.7 Å². The summed E-state index contributed by atoms with van der Waals surface area (Å²) in [6.07, 6.45) is 2.83. The zero-order chi connectivity index (χ0) is 21.4. The first-order valence-corrected chi connectivity index (χ1v) is 10.6. The molecule has 1 aliphatic rings. The van der Waals surface area contributed by atoms with Crippen LogP contribution in [0.1, 0.15) is 33.1 Å². The molecule has 160 valence electrons. The van der Waals surface area contributed by atoms with Gasteiger partial charge in [-0.1, -0.05) is 32.8 Å². The molecule has 3 heterocycles. The number of anilines is 2. The first-order chi connectivity index (χ1) is 14.5. The van der Waals surface area contributed by atoms with Gasteiger partial charge in [0.2, 0.25) is 5.95 Å². The first kappa shape index (κ1) is 20.3. The highest BCUT2D eigenvalue weighted by molar-refractivity contribution is 5.77. The molecule has 0 amide bonds. The van der Waals surface area contributed by atoms with Crippen LogP contribution >= 0.6 is 0 Å². The highest BCUT2D eigenvalue weighted by atomic mass is 16.5. The highest BCUT2D eigenvalue weighted by Crippen LogP contribution is 2.34. The van der Waals surface area contributed by atoms with Crippen LogP contribution < -0.4 is 20.9 Å². The van der Waals surface area contributed by atoms with Crippen molar-refractivity contribution in [2.45, 2.75) is 46.2 Å². The average Bonchev–Trinajstić information content (AvgIpc) is 3.13. The van der Waals surface area contributed by atoms with Crippen LogP contribution in [-0.4, -0.2) is 32.3 Å². The Kier molecular flexibility index (Phi) is 5.40. The van der Waals surface area contributed by atoms with Gasteiger partial charge in [0.05, 0.1) is 7.11 Å². The van der Waals surface area contributed by atoms with Gasteiger partial charge in [-0.25, -0.2) is 4.79 Å². The van der Waals surface area contributed by atoms with Crippen molar-refractivity contribution in [3.8, 4) is 5.75 Å². The fourth-order valence-corrected chi connectivity index (χ4v) is 4.22. The molecule has 8 nitrogen and oxygen atoms in total. The smallest absolute Gasteiger partial charge is 0.332 e. The molecule has 0 fully saturated rings. The number of fused-ring (bicyclic) bond motifs is 3. The summed E-state index contributed by atoms with van der Waals surface area (Å²) in [5, 5.41) is 0. The number of nitrogens with zero attached hydrogens (tertiary/aromatic N) is 5. The Bertz CT molecular complexity index is 1190. The summed E-state index contributed by atoms with van der Waals surface area (Å²) in [5.41, 5.74) is 1.34. The number of ether oxygens (including phenoxy) is 1. The van der Waals surface area contributed by atoms with Crippen molar-refractivity contribution in [2.75, 3.05) is 18.6 Å². The van der Waals surface area contributed by atoms with E-state index in [4.69, 9.17) is 9.72 Å². The molecule has 2 aromatic heterocycles. The Labute approximate surface area is 175 Å². The third-order valence-corrected chi connectivity index (χ3v) is 5.79. The summed E-state index contributed by atoms with van der Waals surface area (Å²) in [7, 11) is 3.34. The largest absolute Gasteiger partial charge is 0.497 e. The van der Waals surface area contributed by atoms with Crippen LogP contribution in [-0.2, 0) is 20.1 Å². The van der Waals surface area contributed by atoms with E-state index in [1.165, 1.54) is 9.13 Å². The molecule has 0 spiro atoms. The van der Waals surface area contributed by atoms with Gasteiger partial charge in [0.1, 0.15) is 5.75 Å². The number of benzene rings is 1. The SMILES string of the molecule is CCCCCn1c(=O)c2c(nc3n2CC(C)CN3c2cccc(OC)c2)n(C)c1=O. The normalized spacial score (nSPS) is 16.1. The Balaban J connectivity index is 1.91. The van der Waals surface area contributed by atoms with E-state index in [0.29, 0.717) is 36.1 Å². The molecule has 0 N–H and O–H groups in total. The summed E-state index contributed by atoms with van der Waals surface area (Å²) in [4.78, 5) is 33.0. The second-order valence-electron chi connectivity index (χ2n) is 8.12. The Morgan fingerprint density at radius 1 is 1.20 bits per heavy atom. The Morgan fingerprint density at radius 3 is 2.73 bits per heavy atom. The molecule has 4 rings (SSSR count). The summed E-state index contributed by atoms with van der Waals surface area (Å²) in [5.74, 6) is 1.76. The van der Waals surface area contributed by atoms with Gasteiger partial charge in [0.25, 0.3) is 5.56 Å². The fourth-order valence-electron chi connectivity index (χ4n) is 4.22. The van der Waals surface area contributed by atoms with Crippen LogP contribution in [0.15, 0.2) is 33.9 Å². The standard InChI is InChI=1S/C22H29N5O3/c1-5-6-7-11-25-20(28)18-19(24(3)22(25)29)23-21-26(13-15(2)14-27(18)21)16-9-8-10-17(12-16)30-4/h8-10,12,15H,5-7,11,13-14H2,1-4H3. The molecule has 8 heteroatoms. The fraction of sp³-hybridized carbons (Fsp3) is 0.500. The maximum atomic E-state index is 13.3. The van der Waals surface area contributed by atoms with Gasteiger partial charge < -0.3 is 14.2 Å². The minimum absolute atomic E-state index is 0.248. The summed E-state index contributed by atoms with van der Waals surface area (Å²) in [6, 6.07) is 7.81. The molecule has 3 aromatic rings. The zero-order valence-electron chi connectivity index (χ0n) is 18.1. The summed E-state index contributed by atoms with van der Waals surface area (Å²) in [6.45, 7) is 6.16. The molecule has 1 unspecified atom stereocenters. The lowest BCUT2D eigenvalue weighted by Crippen LogP contribution is -2.40. The van der Waals surface area contributed by atoms with Crippen molar-refractivity contribution in [3.63, 3.8) is 0 Å². The molecule has 0 radical (unpaired) electrons. The topological polar surface area (TPSA) is 74.3 Å². The number of unbranched alkanes of at least 4 members (excludes halogenated alkanes) is 2. The van der Waals surface area contributed by atoms with Gasteiger partial charge >= 0.3 is 5.69 Å². The summed E-state index contributed by atoms with van der Waals surface area (Å²) >= 11 is 0. The van der Waals surface area contributed by atoms with Crippen LogP contribution in [0.25, 0.3) is 11.2 Å². The van der Waals surface area contributed by atoms with E-state index in [2.05, 4.69) is 18.7 Å². The van der Waals surface area contributed by atoms with E-state index < -0.39 is 0 Å². The number of hydrogen-bond donors (Lipinski definition) is 0. The highest BCUT2D eigenvalue weighted by Gasteiger charge is 2.29. The molecule has 0 saturated heterocycles. The molecule has 0 aliphatic carbocycles. The third kappa shape index (κ3) is 3.30. The number of aryl methyl sites for hydroxylation is 1. The van der Waals surface area contributed by atoms with Gasteiger partial charge in [-0.2, -0.15) is 4.98 Å². The van der Waals surface area contributed by atoms with Crippen molar-refractivity contribution < 1.29 is 4.74 Å². The van der Waals surface area contributed by atoms with Crippen molar-refractivity contribution in [3.05, 3.63) is 45.1 Å². The maximum Gasteiger partial charge on any atom is 0.332 e. The van der Waals surface area contributed by atoms with Crippen molar-refractivity contribution in [2.24, 2.45) is 13.0 Å². The van der Waals surface area contributed by atoms with E-state index in [1.807, 2.05) is 28.8 Å². The Hall–Kier alpha value is -3.03. The molecule has 1 aliphatic heterocycles. The predicted molar refractivity (Wildman–Crippen MR) is 118 cm³/mol. The predicted octanol–water partition coefficient (Wildman–Crippen LogP) is 2.88. The lowest BCUT2D eigenvalue weighted by molar-refractivity contribution is 0.414. The van der Waals surface area contributed by atoms with Crippen LogP contribution in [0.5, 0.6) is 5.75 Å². The van der Waals surface area contributed by atoms with E-state index in [9.17, 15) is 9.59 Å². The molecule has 1 aromatic carbocycles. The maximum absolute atomic E-state index is 13.3. The van der Waals surface area contributed by atoms with E-state index in [1.54, 1.807) is 14.2 Å². The van der Waals surface area contributed by atoms with Crippen molar-refractivity contribution in [1.29, 1.82) is 0 Å². The van der Waals surface area contributed by atoms with Crippen LogP contribution in [0, 0.1) is 5.92 Å². The minimum Gasteiger partial charge on any atom is -0.497 e. The molecule has 30 heavy (non-hydrogen) atoms. The average molecular weight is 412 g/mol. The van der Waals surface area contributed by atoms with Crippen LogP contribution in [0.4, 0.5) is 11.6 Å². The van der Waals surface area contributed by atoms with Crippen LogP contribution in [0.3, 0.4) is 0 Å². The monoisotopic (exact) mass is 411 g/mol. The van der Waals surface area contributed by atoms with Crippen LogP contribution in [0.2, 0.25) is 0 Å². The molecular formula is C22H29N5O3. The second-order valence-corrected chi connectivity index (χ2v) is 8.12. The minimum atomic E-state index is -0.306. The molecule has 0 bridgehead atoms. The van der Waals surface area contributed by atoms with E-state index in [-0.39, 0.29) is 11.2 Å². The second kappa shape index (κ2) is 8.01. The van der Waals surface area contributed by atoms with Gasteiger partial charge in [0.15, 0.2) is 11.2 Å². The lowest BCUT2D eigenvalue weighted by atomic mass is 10.1. The van der Waals surface area contributed by atoms with E-state index >= 15 is 0 Å². The number of imidazole rings is 1. The molecular weight excluding hydrogens is 382 g/mol. The number of methoxy groups -OCH3 is 1. The molecule has 0 saturated carbocycles. The quantitative estimate of drug-likeness (QED) is 0.583. The first-order valence-electron chi connectivity index (χ1n) is 10.6. The number of hydrogen-bond acceptors (Lipinski definition) is 5. The third-order valence-electron chi connectivity index (χ3n) is 5.79.